The monoisotopic (exact) mass is 366 g/mol. The lowest BCUT2D eigenvalue weighted by atomic mass is 9.90. The summed E-state index contributed by atoms with van der Waals surface area (Å²) in [6.07, 6.45) is 8.83. The first-order valence-electron chi connectivity index (χ1n) is 8.36. The standard InChI is InChI=1S/C19H24ClN2O.ClH/c1-19(2)14-17(21-11-4-3-5-12-21)10-13-22(19)18(23)15-6-8-16(20)9-7-15;/h6-10,13H,3-5,11-12,14H2,1-2H3;1H/q+1;/p-1. The molecule has 130 valence electrons. The average Bonchev–Trinajstić information content (AvgIpc) is 2.55. The minimum atomic E-state index is -0.224. The Morgan fingerprint density at radius 1 is 1.12 bits per heavy atom. The first-order chi connectivity index (χ1) is 11.0. The van der Waals surface area contributed by atoms with Crippen LogP contribution in [0.25, 0.3) is 0 Å². The number of carbonyl (C=O) groups excluding carboxylic acids is 1. The molecular formula is C19H24Cl2N2O. The highest BCUT2D eigenvalue weighted by Crippen LogP contribution is 2.27. The van der Waals surface area contributed by atoms with Crippen LogP contribution in [0.4, 0.5) is 0 Å². The summed E-state index contributed by atoms with van der Waals surface area (Å²) in [4.78, 5) is 14.7. The lowest BCUT2D eigenvalue weighted by Gasteiger charge is -2.38. The van der Waals surface area contributed by atoms with E-state index in [-0.39, 0.29) is 23.9 Å². The molecule has 0 N–H and O–H groups in total. The number of hydrogen-bond donors (Lipinski definition) is 0. The number of halogens is 2. The lowest BCUT2D eigenvalue weighted by molar-refractivity contribution is -0.538. The summed E-state index contributed by atoms with van der Waals surface area (Å²) in [6, 6.07) is 7.11. The SMILES string of the molecule is CC1(C)CC(=[N+]2CCCCC2)C=CN1C(=O)c1ccc(Cl)cc1.[Cl-]. The molecule has 1 fully saturated rings. The van der Waals surface area contributed by atoms with Crippen molar-refractivity contribution < 1.29 is 21.8 Å². The summed E-state index contributed by atoms with van der Waals surface area (Å²) in [5.74, 6) is 0.0283. The molecule has 0 aromatic heterocycles. The topological polar surface area (TPSA) is 23.3 Å². The van der Waals surface area contributed by atoms with Gasteiger partial charge in [0.25, 0.3) is 5.91 Å². The van der Waals surface area contributed by atoms with Crippen LogP contribution in [0.3, 0.4) is 0 Å². The maximum atomic E-state index is 12.8. The molecule has 2 aliphatic rings. The lowest BCUT2D eigenvalue weighted by Crippen LogP contribution is -3.00. The van der Waals surface area contributed by atoms with Gasteiger partial charge in [-0.3, -0.25) is 4.79 Å². The Balaban J connectivity index is 0.00000208. The van der Waals surface area contributed by atoms with Gasteiger partial charge in [0, 0.05) is 35.7 Å². The minimum Gasteiger partial charge on any atom is -1.00 e. The van der Waals surface area contributed by atoms with E-state index in [1.165, 1.54) is 25.0 Å². The second-order valence-electron chi connectivity index (χ2n) is 7.03. The van der Waals surface area contributed by atoms with E-state index in [4.69, 9.17) is 11.6 Å². The van der Waals surface area contributed by atoms with Crippen molar-refractivity contribution in [2.75, 3.05) is 13.1 Å². The van der Waals surface area contributed by atoms with Crippen molar-refractivity contribution in [2.45, 2.75) is 45.1 Å². The normalized spacial score (nSPS) is 19.9. The molecule has 1 saturated heterocycles. The van der Waals surface area contributed by atoms with Gasteiger partial charge in [-0.05, 0) is 44.5 Å². The average molecular weight is 367 g/mol. The molecule has 0 radical (unpaired) electrons. The summed E-state index contributed by atoms with van der Waals surface area (Å²) in [5, 5.41) is 0.649. The zero-order chi connectivity index (χ0) is 16.4. The molecule has 1 aromatic rings. The van der Waals surface area contributed by atoms with E-state index in [9.17, 15) is 4.79 Å². The Labute approximate surface area is 155 Å². The fraction of sp³-hybridized carbons (Fsp3) is 0.474. The third-order valence-electron chi connectivity index (χ3n) is 4.75. The number of rotatable bonds is 1. The van der Waals surface area contributed by atoms with Crippen molar-refractivity contribution in [3.05, 3.63) is 47.1 Å². The van der Waals surface area contributed by atoms with Gasteiger partial charge in [0.2, 0.25) is 0 Å². The van der Waals surface area contributed by atoms with Gasteiger partial charge in [-0.15, -0.1) is 0 Å². The second-order valence-corrected chi connectivity index (χ2v) is 7.46. The van der Waals surface area contributed by atoms with Crippen molar-refractivity contribution in [3.63, 3.8) is 0 Å². The zero-order valence-electron chi connectivity index (χ0n) is 14.3. The molecule has 0 bridgehead atoms. The van der Waals surface area contributed by atoms with Gasteiger partial charge in [-0.25, -0.2) is 4.58 Å². The third-order valence-corrected chi connectivity index (χ3v) is 5.01. The molecule has 0 saturated carbocycles. The highest BCUT2D eigenvalue weighted by Gasteiger charge is 2.37. The van der Waals surface area contributed by atoms with Gasteiger partial charge in [0.05, 0.1) is 12.0 Å². The first-order valence-corrected chi connectivity index (χ1v) is 8.73. The molecule has 0 aliphatic carbocycles. The molecule has 3 nitrogen and oxygen atoms in total. The predicted octanol–water partition coefficient (Wildman–Crippen LogP) is 1.12. The summed E-state index contributed by atoms with van der Waals surface area (Å²) in [6.45, 7) is 6.55. The van der Waals surface area contributed by atoms with Gasteiger partial charge in [-0.2, -0.15) is 0 Å². The largest absolute Gasteiger partial charge is 1.00 e. The van der Waals surface area contributed by atoms with Crippen molar-refractivity contribution in [3.8, 4) is 0 Å². The van der Waals surface area contributed by atoms with Crippen LogP contribution in [-0.4, -0.2) is 39.7 Å². The molecule has 5 heteroatoms. The van der Waals surface area contributed by atoms with E-state index >= 15 is 0 Å². The van der Waals surface area contributed by atoms with Gasteiger partial charge < -0.3 is 17.3 Å². The first kappa shape index (κ1) is 19.0. The van der Waals surface area contributed by atoms with Gasteiger partial charge in [0.15, 0.2) is 5.71 Å². The molecular weight excluding hydrogens is 343 g/mol. The van der Waals surface area contributed by atoms with Crippen LogP contribution >= 0.6 is 11.6 Å². The molecule has 0 unspecified atom stereocenters. The number of piperidine rings is 1. The van der Waals surface area contributed by atoms with Crippen LogP contribution in [0.15, 0.2) is 36.5 Å². The van der Waals surface area contributed by atoms with E-state index < -0.39 is 0 Å². The number of amides is 1. The van der Waals surface area contributed by atoms with Crippen molar-refractivity contribution in [2.24, 2.45) is 0 Å². The number of hydrogen-bond acceptors (Lipinski definition) is 1. The number of allylic oxidation sites excluding steroid dienone is 1. The highest BCUT2D eigenvalue weighted by atomic mass is 35.5. The second kappa shape index (κ2) is 7.71. The minimum absolute atomic E-state index is 0. The zero-order valence-corrected chi connectivity index (χ0v) is 15.8. The summed E-state index contributed by atoms with van der Waals surface area (Å²) in [7, 11) is 0. The maximum absolute atomic E-state index is 12.8. The van der Waals surface area contributed by atoms with E-state index in [2.05, 4.69) is 24.5 Å². The Morgan fingerprint density at radius 2 is 1.75 bits per heavy atom. The number of nitrogens with zero attached hydrogens (tertiary/aromatic N) is 2. The number of benzene rings is 1. The van der Waals surface area contributed by atoms with Crippen LogP contribution in [0.5, 0.6) is 0 Å². The molecule has 1 aromatic carbocycles. The van der Waals surface area contributed by atoms with Gasteiger partial charge in [0.1, 0.15) is 13.1 Å². The van der Waals surface area contributed by atoms with Crippen LogP contribution in [0.1, 0.15) is 49.9 Å². The molecule has 2 aliphatic heterocycles. The predicted molar refractivity (Wildman–Crippen MR) is 94.3 cm³/mol. The molecule has 3 rings (SSSR count). The van der Waals surface area contributed by atoms with Crippen LogP contribution < -0.4 is 12.4 Å². The maximum Gasteiger partial charge on any atom is 0.258 e. The van der Waals surface area contributed by atoms with E-state index in [0.717, 1.165) is 19.5 Å². The van der Waals surface area contributed by atoms with Gasteiger partial charge in [-0.1, -0.05) is 11.6 Å². The fourth-order valence-corrected chi connectivity index (χ4v) is 3.55. The fourth-order valence-electron chi connectivity index (χ4n) is 3.42. The smallest absolute Gasteiger partial charge is 0.258 e. The Kier molecular flexibility index (Phi) is 6.11. The summed E-state index contributed by atoms with van der Waals surface area (Å²) < 4.78 is 2.48. The van der Waals surface area contributed by atoms with Crippen molar-refractivity contribution in [1.29, 1.82) is 0 Å². The quantitative estimate of drug-likeness (QED) is 0.683. The third kappa shape index (κ3) is 4.01. The molecule has 1 amide bonds. The Bertz CT molecular complexity index is 654. The Hall–Kier alpha value is -1.32. The van der Waals surface area contributed by atoms with Crippen molar-refractivity contribution in [1.82, 2.24) is 4.90 Å². The summed E-state index contributed by atoms with van der Waals surface area (Å²) in [5.41, 5.74) is 1.81. The van der Waals surface area contributed by atoms with Crippen LogP contribution in [-0.2, 0) is 0 Å². The summed E-state index contributed by atoms with van der Waals surface area (Å²) >= 11 is 5.92. The molecule has 0 spiro atoms. The molecule has 24 heavy (non-hydrogen) atoms. The van der Waals surface area contributed by atoms with E-state index in [1.807, 2.05) is 11.1 Å². The van der Waals surface area contributed by atoms with Crippen LogP contribution in [0.2, 0.25) is 5.02 Å². The van der Waals surface area contributed by atoms with Crippen molar-refractivity contribution >= 4 is 23.2 Å². The Morgan fingerprint density at radius 3 is 2.33 bits per heavy atom. The van der Waals surface area contributed by atoms with E-state index in [1.54, 1.807) is 24.3 Å². The van der Waals surface area contributed by atoms with E-state index in [0.29, 0.717) is 10.6 Å². The van der Waals surface area contributed by atoms with Gasteiger partial charge >= 0.3 is 0 Å². The molecule has 0 atom stereocenters. The number of carbonyl (C=O) groups is 1. The van der Waals surface area contributed by atoms with Crippen LogP contribution in [0, 0.1) is 0 Å². The molecule has 2 heterocycles. The highest BCUT2D eigenvalue weighted by molar-refractivity contribution is 6.30.